The van der Waals surface area contributed by atoms with Crippen molar-refractivity contribution in [1.29, 1.82) is 0 Å². The minimum Gasteiger partial charge on any atom is -0.457 e. The summed E-state index contributed by atoms with van der Waals surface area (Å²) in [4.78, 5) is 7.35. The molecule has 3 aromatic rings. The third kappa shape index (κ3) is 6.50. The van der Waals surface area contributed by atoms with E-state index in [4.69, 9.17) is 4.74 Å². The Balaban J connectivity index is 1.42. The molecule has 0 amide bonds. The molecule has 3 aliphatic heterocycles. The summed E-state index contributed by atoms with van der Waals surface area (Å²) in [5, 5.41) is 4.99. The van der Waals surface area contributed by atoms with E-state index in [1.54, 1.807) is 35.2 Å². The molecule has 0 radical (unpaired) electrons. The van der Waals surface area contributed by atoms with Gasteiger partial charge in [0.15, 0.2) is 5.13 Å². The van der Waals surface area contributed by atoms with Crippen molar-refractivity contribution in [2.75, 3.05) is 49.1 Å². The molecule has 3 fully saturated rings. The Bertz CT molecular complexity index is 1460. The molecule has 1 spiro atoms. The van der Waals surface area contributed by atoms with Gasteiger partial charge in [-0.05, 0) is 74.5 Å². The summed E-state index contributed by atoms with van der Waals surface area (Å²) in [5.74, 6) is -3.79. The average Bonchev–Trinajstić information content (AvgIpc) is 3.61. The molecule has 0 bridgehead atoms. The first-order valence-electron chi connectivity index (χ1n) is 14.4. The normalized spacial score (nSPS) is 20.6. The van der Waals surface area contributed by atoms with Crippen molar-refractivity contribution in [3.05, 3.63) is 64.7 Å². The van der Waals surface area contributed by atoms with Gasteiger partial charge in [0.1, 0.15) is 28.6 Å². The molecule has 43 heavy (non-hydrogen) atoms. The number of hydrogen-bond donors (Lipinski definition) is 1. The second-order valence-electron chi connectivity index (χ2n) is 11.6. The largest absolute Gasteiger partial charge is 0.457 e. The Morgan fingerprint density at radius 1 is 0.953 bits per heavy atom. The first-order chi connectivity index (χ1) is 20.5. The number of para-hydroxylation sites is 1. The fraction of sp³-hybridized carbons (Fsp3) is 0.452. The molecule has 1 aromatic heterocycles. The Morgan fingerprint density at radius 2 is 1.72 bits per heavy atom. The molecule has 230 valence electrons. The lowest BCUT2D eigenvalue weighted by Gasteiger charge is -2.47. The number of ether oxygens (including phenoxy) is 1. The van der Waals surface area contributed by atoms with Crippen molar-refractivity contribution in [2.45, 2.75) is 44.2 Å². The fourth-order valence-electron chi connectivity index (χ4n) is 6.41. The highest BCUT2D eigenvalue weighted by atomic mass is 32.1. The number of anilines is 2. The van der Waals surface area contributed by atoms with Crippen LogP contribution in [0.15, 0.2) is 47.8 Å². The van der Waals surface area contributed by atoms with Gasteiger partial charge in [0.05, 0.1) is 12.2 Å². The molecule has 5 nitrogen and oxygen atoms in total. The van der Waals surface area contributed by atoms with E-state index in [0.29, 0.717) is 19.5 Å². The predicted molar refractivity (Wildman–Crippen MR) is 157 cm³/mol. The van der Waals surface area contributed by atoms with Gasteiger partial charge >= 0.3 is 6.18 Å². The number of thiazole rings is 1. The van der Waals surface area contributed by atoms with Crippen LogP contribution in [0.3, 0.4) is 0 Å². The summed E-state index contributed by atoms with van der Waals surface area (Å²) in [7, 11) is 0. The van der Waals surface area contributed by atoms with E-state index in [1.165, 1.54) is 22.4 Å². The minimum absolute atomic E-state index is 0.0541. The van der Waals surface area contributed by atoms with E-state index in [9.17, 15) is 22.0 Å². The molecule has 0 atom stereocenters. The van der Waals surface area contributed by atoms with Gasteiger partial charge in [-0.2, -0.15) is 13.2 Å². The van der Waals surface area contributed by atoms with Crippen LogP contribution in [0.1, 0.15) is 48.9 Å². The summed E-state index contributed by atoms with van der Waals surface area (Å²) in [5.41, 5.74) is -1.26. The molecule has 12 heteroatoms. The average molecular weight is 623 g/mol. The van der Waals surface area contributed by atoms with Crippen molar-refractivity contribution in [3.63, 3.8) is 0 Å². The zero-order chi connectivity index (χ0) is 30.2. The van der Waals surface area contributed by atoms with Gasteiger partial charge in [-0.15, -0.1) is 11.3 Å². The van der Waals surface area contributed by atoms with Crippen molar-refractivity contribution >= 4 is 34.1 Å². The number of aromatic nitrogens is 1. The minimum atomic E-state index is -4.80. The molecular weight excluding hydrogens is 590 g/mol. The molecule has 3 saturated heterocycles. The van der Waals surface area contributed by atoms with E-state index in [0.717, 1.165) is 49.8 Å². The van der Waals surface area contributed by atoms with Crippen molar-refractivity contribution < 1.29 is 31.1 Å². The smallest absolute Gasteiger partial charge is 0.422 e. The van der Waals surface area contributed by atoms with Gasteiger partial charge in [0.25, 0.3) is 5.92 Å². The third-order valence-electron chi connectivity index (χ3n) is 8.53. The molecular formula is C31H32F6N4OS. The van der Waals surface area contributed by atoms with Crippen LogP contribution in [0, 0.1) is 5.41 Å². The summed E-state index contributed by atoms with van der Waals surface area (Å²) < 4.78 is 93.9. The number of nitrogens with one attached hydrogen (secondary N) is 1. The van der Waals surface area contributed by atoms with Gasteiger partial charge in [-0.1, -0.05) is 18.2 Å². The van der Waals surface area contributed by atoms with Crippen LogP contribution in [0.2, 0.25) is 0 Å². The number of alkyl halides is 5. The highest BCUT2D eigenvalue weighted by molar-refractivity contribution is 7.13. The van der Waals surface area contributed by atoms with Crippen LogP contribution in [0.4, 0.5) is 37.2 Å². The van der Waals surface area contributed by atoms with Crippen molar-refractivity contribution in [1.82, 2.24) is 10.3 Å². The summed E-state index contributed by atoms with van der Waals surface area (Å²) in [6.45, 7) is 2.00. The van der Waals surface area contributed by atoms with Crippen molar-refractivity contribution in [3.8, 4) is 11.5 Å². The Kier molecular flexibility index (Phi) is 8.10. The molecule has 0 unspecified atom stereocenters. The van der Waals surface area contributed by atoms with Gasteiger partial charge in [0.2, 0.25) is 0 Å². The van der Waals surface area contributed by atoms with E-state index in [-0.39, 0.29) is 52.0 Å². The topological polar surface area (TPSA) is 40.6 Å². The number of benzene rings is 2. The second-order valence-corrected chi connectivity index (χ2v) is 12.4. The molecule has 6 rings (SSSR count). The predicted octanol–water partition coefficient (Wildman–Crippen LogP) is 8.24. The Labute approximate surface area is 250 Å². The molecule has 4 heterocycles. The van der Waals surface area contributed by atoms with E-state index in [1.807, 2.05) is 0 Å². The summed E-state index contributed by atoms with van der Waals surface area (Å²) in [6.07, 6.45) is -0.713. The van der Waals surface area contributed by atoms with Gasteiger partial charge in [0, 0.05) is 37.0 Å². The fourth-order valence-corrected chi connectivity index (χ4v) is 7.25. The molecule has 0 aliphatic carbocycles. The number of hydrogen-bond acceptors (Lipinski definition) is 6. The van der Waals surface area contributed by atoms with Gasteiger partial charge in [-0.3, -0.25) is 0 Å². The van der Waals surface area contributed by atoms with Crippen molar-refractivity contribution in [2.24, 2.45) is 5.41 Å². The van der Waals surface area contributed by atoms with E-state index in [2.05, 4.69) is 10.3 Å². The van der Waals surface area contributed by atoms with Crippen LogP contribution in [0.25, 0.3) is 11.9 Å². The first kappa shape index (κ1) is 29.8. The number of rotatable bonds is 6. The standard InChI is InChI=1S/C31H32F6N4OS/c32-23(24-18-43-28(39-24)41-16-12-30(33,34)20-41)17-21-7-8-25(42-22-5-2-1-3-6-22)26(31(35,36)37)27(21)40-15-4-9-29(19-40)10-13-38-14-11-29/h1-3,5-8,17-18,38H,4,9-16,19-20H2/b23-17-. The second kappa shape index (κ2) is 11.7. The Morgan fingerprint density at radius 3 is 2.42 bits per heavy atom. The Hall–Kier alpha value is -3.25. The van der Waals surface area contributed by atoms with Gasteiger partial charge < -0.3 is 19.9 Å². The maximum absolute atomic E-state index is 15.7. The third-order valence-corrected chi connectivity index (χ3v) is 9.43. The molecule has 2 aromatic carbocycles. The lowest BCUT2D eigenvalue weighted by Crippen LogP contribution is -2.49. The molecule has 3 aliphatic rings. The molecule has 1 N–H and O–H groups in total. The lowest BCUT2D eigenvalue weighted by atomic mass is 9.72. The quantitative estimate of drug-likeness (QED) is 0.281. The number of nitrogens with zero attached hydrogens (tertiary/aromatic N) is 3. The van der Waals surface area contributed by atoms with Crippen LogP contribution in [-0.4, -0.2) is 50.2 Å². The highest BCUT2D eigenvalue weighted by Crippen LogP contribution is 2.49. The van der Waals surface area contributed by atoms with Gasteiger partial charge in [-0.25, -0.2) is 18.2 Å². The zero-order valence-corrected chi connectivity index (χ0v) is 24.2. The van der Waals surface area contributed by atoms with Crippen LogP contribution in [0.5, 0.6) is 11.5 Å². The maximum Gasteiger partial charge on any atom is 0.422 e. The van der Waals surface area contributed by atoms with Crippen LogP contribution in [-0.2, 0) is 6.18 Å². The van der Waals surface area contributed by atoms with E-state index < -0.39 is 30.0 Å². The first-order valence-corrected chi connectivity index (χ1v) is 15.3. The summed E-state index contributed by atoms with van der Waals surface area (Å²) >= 11 is 1.03. The number of piperidine rings is 2. The number of halogens is 6. The van der Waals surface area contributed by atoms with Crippen LogP contribution >= 0.6 is 11.3 Å². The maximum atomic E-state index is 15.7. The van der Waals surface area contributed by atoms with E-state index >= 15 is 4.39 Å². The monoisotopic (exact) mass is 622 g/mol. The molecule has 0 saturated carbocycles. The van der Waals surface area contributed by atoms with Crippen LogP contribution < -0.4 is 19.9 Å². The zero-order valence-electron chi connectivity index (χ0n) is 23.4. The highest BCUT2D eigenvalue weighted by Gasteiger charge is 2.44. The lowest BCUT2D eigenvalue weighted by molar-refractivity contribution is -0.138. The SMILES string of the molecule is F/C(=C\c1ccc(Oc2ccccc2)c(C(F)(F)F)c1N1CCCC2(CCNCC2)C1)c1csc(N2CCC(F)(F)C2)n1. The summed E-state index contributed by atoms with van der Waals surface area (Å²) in [6, 6.07) is 10.9.